The van der Waals surface area contributed by atoms with Crippen LogP contribution in [0.2, 0.25) is 0 Å². The van der Waals surface area contributed by atoms with E-state index in [0.717, 1.165) is 8.66 Å². The van der Waals surface area contributed by atoms with Gasteiger partial charge in [-0.1, -0.05) is 0 Å². The Balaban J connectivity index is 1.94. The van der Waals surface area contributed by atoms with Gasteiger partial charge in [0.15, 0.2) is 0 Å². The van der Waals surface area contributed by atoms with Crippen molar-refractivity contribution in [1.82, 2.24) is 14.7 Å². The van der Waals surface area contributed by atoms with Gasteiger partial charge in [0, 0.05) is 18.0 Å². The second-order valence-electron chi connectivity index (χ2n) is 4.13. The molecule has 0 fully saturated rings. The summed E-state index contributed by atoms with van der Waals surface area (Å²) in [7, 11) is -3.57. The fraction of sp³-hybridized carbons (Fsp3) is 0.333. The van der Waals surface area contributed by atoms with Crippen molar-refractivity contribution in [2.45, 2.75) is 18.2 Å². The minimum Gasteiger partial charge on any atom is -0.355 e. The van der Waals surface area contributed by atoms with Crippen molar-refractivity contribution in [1.29, 1.82) is 0 Å². The van der Waals surface area contributed by atoms with Gasteiger partial charge in [-0.25, -0.2) is 23.1 Å². The zero-order valence-electron chi connectivity index (χ0n) is 11.3. The largest absolute Gasteiger partial charge is 0.355 e. The quantitative estimate of drug-likeness (QED) is 0.757. The van der Waals surface area contributed by atoms with E-state index in [4.69, 9.17) is 0 Å². The number of rotatable bonds is 7. The van der Waals surface area contributed by atoms with E-state index in [0.29, 0.717) is 25.5 Å². The monoisotopic (exact) mass is 390 g/mol. The molecule has 2 heterocycles. The smallest absolute Gasteiger partial charge is 0.243 e. The molecule has 0 saturated heterocycles. The maximum absolute atomic E-state index is 12.1. The number of hydrogen-bond donors (Lipinski definition) is 2. The lowest BCUT2D eigenvalue weighted by Gasteiger charge is -2.06. The first kappa shape index (κ1) is 16.3. The molecule has 0 atom stereocenters. The number of nitrogens with zero attached hydrogens (tertiary/aromatic N) is 2. The van der Waals surface area contributed by atoms with Gasteiger partial charge in [-0.3, -0.25) is 0 Å². The van der Waals surface area contributed by atoms with Crippen molar-refractivity contribution < 1.29 is 8.42 Å². The molecule has 6 nitrogen and oxygen atoms in total. The van der Waals surface area contributed by atoms with Crippen molar-refractivity contribution in [2.24, 2.45) is 0 Å². The van der Waals surface area contributed by atoms with Crippen molar-refractivity contribution >= 4 is 43.2 Å². The molecular formula is C12H15BrN4O2S2. The first-order chi connectivity index (χ1) is 10.0. The highest BCUT2D eigenvalue weighted by Crippen LogP contribution is 2.22. The molecule has 2 rings (SSSR count). The standard InChI is InChI=1S/C12H15BrN4O2S2/c1-2-14-12-15-7-10(8-16-12)21(18,19)17-6-5-9-3-4-11(13)20-9/h3-4,7-8,17H,2,5-6H2,1H3,(H,14,15,16). The third-order valence-electron chi connectivity index (χ3n) is 2.57. The first-order valence-electron chi connectivity index (χ1n) is 6.31. The average Bonchev–Trinajstić information content (AvgIpc) is 2.85. The minimum absolute atomic E-state index is 0.0662. The molecule has 0 aliphatic carbocycles. The first-order valence-corrected chi connectivity index (χ1v) is 9.40. The van der Waals surface area contributed by atoms with Gasteiger partial charge in [0.25, 0.3) is 0 Å². The molecule has 0 amide bonds. The van der Waals surface area contributed by atoms with Crippen LogP contribution in [0.1, 0.15) is 11.8 Å². The van der Waals surface area contributed by atoms with Crippen molar-refractivity contribution in [3.63, 3.8) is 0 Å². The van der Waals surface area contributed by atoms with Gasteiger partial charge >= 0.3 is 0 Å². The average molecular weight is 391 g/mol. The molecule has 0 aromatic carbocycles. The second kappa shape index (κ2) is 7.30. The molecule has 0 radical (unpaired) electrons. The van der Waals surface area contributed by atoms with Gasteiger partial charge < -0.3 is 5.32 Å². The number of thiophene rings is 1. The minimum atomic E-state index is -3.57. The van der Waals surface area contributed by atoms with E-state index in [1.165, 1.54) is 12.4 Å². The van der Waals surface area contributed by atoms with Gasteiger partial charge in [-0.2, -0.15) is 0 Å². The van der Waals surface area contributed by atoms with Crippen LogP contribution in [-0.2, 0) is 16.4 Å². The Morgan fingerprint density at radius 3 is 2.57 bits per heavy atom. The highest BCUT2D eigenvalue weighted by molar-refractivity contribution is 9.11. The molecule has 0 unspecified atom stereocenters. The molecule has 0 aliphatic rings. The summed E-state index contributed by atoms with van der Waals surface area (Å²) in [5, 5.41) is 2.91. The SMILES string of the molecule is CCNc1ncc(S(=O)(=O)NCCc2ccc(Br)s2)cn1. The van der Waals surface area contributed by atoms with E-state index in [1.807, 2.05) is 19.1 Å². The van der Waals surface area contributed by atoms with Crippen LogP contribution in [0, 0.1) is 0 Å². The van der Waals surface area contributed by atoms with E-state index in [1.54, 1.807) is 11.3 Å². The Bertz CT molecular complexity index is 686. The zero-order chi connectivity index (χ0) is 15.3. The lowest BCUT2D eigenvalue weighted by atomic mass is 10.3. The van der Waals surface area contributed by atoms with Crippen molar-refractivity contribution in [3.05, 3.63) is 33.2 Å². The summed E-state index contributed by atoms with van der Waals surface area (Å²) in [6.07, 6.45) is 3.25. The molecule has 2 N–H and O–H groups in total. The highest BCUT2D eigenvalue weighted by Gasteiger charge is 2.14. The van der Waals surface area contributed by atoms with E-state index >= 15 is 0 Å². The van der Waals surface area contributed by atoms with Crippen LogP contribution < -0.4 is 10.0 Å². The number of nitrogens with one attached hydrogen (secondary N) is 2. The molecule has 2 aromatic heterocycles. The molecule has 21 heavy (non-hydrogen) atoms. The van der Waals surface area contributed by atoms with Crippen LogP contribution >= 0.6 is 27.3 Å². The zero-order valence-corrected chi connectivity index (χ0v) is 14.6. The van der Waals surface area contributed by atoms with Crippen molar-refractivity contribution in [2.75, 3.05) is 18.4 Å². The predicted molar refractivity (Wildman–Crippen MR) is 87.1 cm³/mol. The summed E-state index contributed by atoms with van der Waals surface area (Å²) in [6.45, 7) is 2.93. The summed E-state index contributed by atoms with van der Waals surface area (Å²) in [4.78, 5) is 9.10. The lowest BCUT2D eigenvalue weighted by Crippen LogP contribution is -2.26. The molecule has 0 bridgehead atoms. The number of halogens is 1. The Morgan fingerprint density at radius 2 is 2.00 bits per heavy atom. The van der Waals surface area contributed by atoms with Gasteiger partial charge in [0.05, 0.1) is 16.2 Å². The van der Waals surface area contributed by atoms with Crippen LogP contribution in [-0.4, -0.2) is 31.5 Å². The Hall–Kier alpha value is -1.03. The van der Waals surface area contributed by atoms with Crippen LogP contribution in [0.4, 0.5) is 5.95 Å². The number of hydrogen-bond acceptors (Lipinski definition) is 6. The fourth-order valence-corrected chi connectivity index (χ4v) is 3.99. The Morgan fingerprint density at radius 1 is 1.29 bits per heavy atom. The maximum atomic E-state index is 12.1. The Labute approximate surface area is 136 Å². The second-order valence-corrected chi connectivity index (χ2v) is 8.44. The molecule has 114 valence electrons. The summed E-state index contributed by atoms with van der Waals surface area (Å²) in [5.74, 6) is 0.417. The molecule has 0 aliphatic heterocycles. The third kappa shape index (κ3) is 4.73. The lowest BCUT2D eigenvalue weighted by molar-refractivity contribution is 0.581. The molecule has 0 spiro atoms. The third-order valence-corrected chi connectivity index (χ3v) is 5.66. The van der Waals surface area contributed by atoms with E-state index in [9.17, 15) is 8.42 Å². The molecule has 2 aromatic rings. The van der Waals surface area contributed by atoms with Gasteiger partial charge in [0.2, 0.25) is 16.0 Å². The summed E-state index contributed by atoms with van der Waals surface area (Å²) in [5.41, 5.74) is 0. The summed E-state index contributed by atoms with van der Waals surface area (Å²) < 4.78 is 27.7. The van der Waals surface area contributed by atoms with Crippen LogP contribution in [0.5, 0.6) is 0 Å². The highest BCUT2D eigenvalue weighted by atomic mass is 79.9. The normalized spacial score (nSPS) is 11.5. The van der Waals surface area contributed by atoms with E-state index < -0.39 is 10.0 Å². The van der Waals surface area contributed by atoms with Gasteiger partial charge in [0.1, 0.15) is 4.90 Å². The molecule has 9 heteroatoms. The number of sulfonamides is 1. The topological polar surface area (TPSA) is 84.0 Å². The summed E-state index contributed by atoms with van der Waals surface area (Å²) in [6, 6.07) is 3.92. The number of anilines is 1. The van der Waals surface area contributed by atoms with Crippen LogP contribution in [0.25, 0.3) is 0 Å². The summed E-state index contributed by atoms with van der Waals surface area (Å²) >= 11 is 4.97. The number of aromatic nitrogens is 2. The van der Waals surface area contributed by atoms with Crippen LogP contribution in [0.3, 0.4) is 0 Å². The van der Waals surface area contributed by atoms with Crippen molar-refractivity contribution in [3.8, 4) is 0 Å². The molecular weight excluding hydrogens is 376 g/mol. The fourth-order valence-electron chi connectivity index (χ4n) is 1.58. The van der Waals surface area contributed by atoms with E-state index in [2.05, 4.69) is 35.9 Å². The predicted octanol–water partition coefficient (Wildman–Crippen LogP) is 2.25. The van der Waals surface area contributed by atoms with Crippen LogP contribution in [0.15, 0.2) is 33.2 Å². The van der Waals surface area contributed by atoms with Gasteiger partial charge in [-0.05, 0) is 41.4 Å². The van der Waals surface area contributed by atoms with Gasteiger partial charge in [-0.15, -0.1) is 11.3 Å². The van der Waals surface area contributed by atoms with E-state index in [-0.39, 0.29) is 4.90 Å². The molecule has 0 saturated carbocycles. The maximum Gasteiger partial charge on any atom is 0.243 e. The Kier molecular flexibility index (Phi) is 5.68.